The van der Waals surface area contributed by atoms with Gasteiger partial charge in [-0.15, -0.1) is 0 Å². The van der Waals surface area contributed by atoms with Crippen LogP contribution in [0.4, 0.5) is 17.5 Å². The topological polar surface area (TPSA) is 150 Å². The monoisotopic (exact) mass is 254 g/mol. The highest BCUT2D eigenvalue weighted by Gasteiger charge is 2.26. The minimum Gasteiger partial charge on any atom is -0.369 e. The molecule has 1 rings (SSSR count). The first-order valence-electron chi connectivity index (χ1n) is 5.05. The van der Waals surface area contributed by atoms with Crippen molar-refractivity contribution in [2.45, 2.75) is 13.8 Å². The number of hydrogen-bond donors (Lipinski definition) is 3. The van der Waals surface area contributed by atoms with Crippen LogP contribution in [0.3, 0.4) is 0 Å². The summed E-state index contributed by atoms with van der Waals surface area (Å²) in [4.78, 5) is 28.5. The van der Waals surface area contributed by atoms with Gasteiger partial charge in [-0.2, -0.15) is 4.98 Å². The fourth-order valence-corrected chi connectivity index (χ4v) is 1.04. The molecule has 9 nitrogen and oxygen atoms in total. The fraction of sp³-hybridized carbons (Fsp3) is 0.444. The quantitative estimate of drug-likeness (QED) is 0.489. The molecule has 9 heteroatoms. The van der Waals surface area contributed by atoms with Gasteiger partial charge in [-0.25, -0.2) is 4.98 Å². The molecular formula is C9H14N6O3. The molecule has 0 spiro atoms. The molecule has 1 amide bonds. The van der Waals surface area contributed by atoms with Crippen molar-refractivity contribution in [3.63, 3.8) is 0 Å². The molecule has 1 heterocycles. The number of aromatic nitrogens is 2. The van der Waals surface area contributed by atoms with Gasteiger partial charge in [-0.05, 0) is 13.8 Å². The average molecular weight is 254 g/mol. The van der Waals surface area contributed by atoms with E-state index in [0.717, 1.165) is 6.20 Å². The van der Waals surface area contributed by atoms with Gasteiger partial charge in [0.15, 0.2) is 0 Å². The largest absolute Gasteiger partial charge is 0.369 e. The molecule has 0 unspecified atom stereocenters. The summed E-state index contributed by atoms with van der Waals surface area (Å²) in [6.07, 6.45) is 1.00. The van der Waals surface area contributed by atoms with Gasteiger partial charge in [0.25, 0.3) is 0 Å². The van der Waals surface area contributed by atoms with Gasteiger partial charge in [0, 0.05) is 6.54 Å². The number of nitrogen functional groups attached to an aromatic ring is 1. The Balaban J connectivity index is 2.94. The Hall–Kier alpha value is -2.45. The van der Waals surface area contributed by atoms with Crippen LogP contribution in [0.2, 0.25) is 0 Å². The Kier molecular flexibility index (Phi) is 3.64. The highest BCUT2D eigenvalue weighted by atomic mass is 16.6. The van der Waals surface area contributed by atoms with Crippen LogP contribution in [0.15, 0.2) is 6.20 Å². The Morgan fingerprint density at radius 1 is 1.61 bits per heavy atom. The lowest BCUT2D eigenvalue weighted by atomic mass is 9.93. The first-order valence-corrected chi connectivity index (χ1v) is 5.05. The number of anilines is 2. The van der Waals surface area contributed by atoms with Crippen LogP contribution in [0.25, 0.3) is 0 Å². The van der Waals surface area contributed by atoms with Crippen LogP contribution in [0, 0.1) is 15.5 Å². The highest BCUT2D eigenvalue weighted by Crippen LogP contribution is 2.23. The highest BCUT2D eigenvalue weighted by molar-refractivity contribution is 5.80. The molecule has 1 aromatic rings. The smallest absolute Gasteiger partial charge is 0.329 e. The van der Waals surface area contributed by atoms with E-state index in [9.17, 15) is 14.9 Å². The number of carbonyl (C=O) groups excluding carboxylic acids is 1. The van der Waals surface area contributed by atoms with E-state index >= 15 is 0 Å². The first-order chi connectivity index (χ1) is 8.24. The van der Waals surface area contributed by atoms with E-state index in [1.54, 1.807) is 13.8 Å². The van der Waals surface area contributed by atoms with Crippen LogP contribution >= 0.6 is 0 Å². The van der Waals surface area contributed by atoms with Gasteiger partial charge < -0.3 is 16.8 Å². The summed E-state index contributed by atoms with van der Waals surface area (Å²) >= 11 is 0. The number of nitrogens with one attached hydrogen (secondary N) is 1. The second kappa shape index (κ2) is 4.82. The zero-order valence-electron chi connectivity index (χ0n) is 10.0. The summed E-state index contributed by atoms with van der Waals surface area (Å²) in [5.74, 6) is -0.665. The lowest BCUT2D eigenvalue weighted by Crippen LogP contribution is -2.37. The first kappa shape index (κ1) is 13.6. The molecule has 0 saturated heterocycles. The number of nitrogens with two attached hydrogens (primary N) is 2. The summed E-state index contributed by atoms with van der Waals surface area (Å²) in [5, 5.41) is 13.4. The molecule has 0 aliphatic carbocycles. The summed E-state index contributed by atoms with van der Waals surface area (Å²) < 4.78 is 0. The zero-order valence-corrected chi connectivity index (χ0v) is 10.0. The number of primary amides is 1. The maximum Gasteiger partial charge on any atom is 0.329 e. The van der Waals surface area contributed by atoms with Gasteiger partial charge in [-0.3, -0.25) is 14.9 Å². The summed E-state index contributed by atoms with van der Waals surface area (Å²) in [6.45, 7) is 3.32. The predicted octanol–water partition coefficient (Wildman–Crippen LogP) is -0.110. The Morgan fingerprint density at radius 3 is 2.72 bits per heavy atom. The summed E-state index contributed by atoms with van der Waals surface area (Å²) in [6, 6.07) is 0. The third kappa shape index (κ3) is 3.03. The fourth-order valence-electron chi connectivity index (χ4n) is 1.04. The van der Waals surface area contributed by atoms with Crippen molar-refractivity contribution in [2.24, 2.45) is 11.1 Å². The molecule has 18 heavy (non-hydrogen) atoms. The normalized spacial score (nSPS) is 11.0. The number of rotatable bonds is 5. The zero-order chi connectivity index (χ0) is 13.9. The van der Waals surface area contributed by atoms with Crippen molar-refractivity contribution in [2.75, 3.05) is 17.6 Å². The minimum atomic E-state index is -0.867. The van der Waals surface area contributed by atoms with Crippen molar-refractivity contribution in [1.29, 1.82) is 0 Å². The minimum absolute atomic E-state index is 0.0400. The Morgan fingerprint density at radius 2 is 2.22 bits per heavy atom. The van der Waals surface area contributed by atoms with Gasteiger partial charge in [0.2, 0.25) is 17.7 Å². The van der Waals surface area contributed by atoms with E-state index < -0.39 is 16.2 Å². The summed E-state index contributed by atoms with van der Waals surface area (Å²) in [7, 11) is 0. The van der Waals surface area contributed by atoms with Crippen molar-refractivity contribution in [3.05, 3.63) is 16.3 Å². The van der Waals surface area contributed by atoms with Crippen molar-refractivity contribution in [3.8, 4) is 0 Å². The third-order valence-electron chi connectivity index (χ3n) is 2.35. The predicted molar refractivity (Wildman–Crippen MR) is 64.6 cm³/mol. The van der Waals surface area contributed by atoms with E-state index in [1.165, 1.54) is 0 Å². The second-order valence-corrected chi connectivity index (χ2v) is 4.32. The van der Waals surface area contributed by atoms with Crippen LogP contribution in [-0.4, -0.2) is 27.3 Å². The number of amides is 1. The standard InChI is InChI=1S/C9H14N6O3/c1-9(2,7(10)16)4-13-6-5(15(17)18)3-12-8(11)14-6/h3H,4H2,1-2H3,(H2,10,16)(H3,11,12,13,14). The Bertz CT molecular complexity index is 487. The molecule has 98 valence electrons. The summed E-state index contributed by atoms with van der Waals surface area (Å²) in [5.41, 5.74) is 9.36. The molecule has 0 radical (unpaired) electrons. The van der Waals surface area contributed by atoms with Crippen molar-refractivity contribution < 1.29 is 9.72 Å². The van der Waals surface area contributed by atoms with Crippen molar-refractivity contribution >= 4 is 23.4 Å². The molecule has 5 N–H and O–H groups in total. The molecule has 0 saturated carbocycles. The van der Waals surface area contributed by atoms with Gasteiger partial charge in [0.05, 0.1) is 10.3 Å². The SMILES string of the molecule is CC(C)(CNc1nc(N)ncc1[N+](=O)[O-])C(N)=O. The molecule has 0 fully saturated rings. The van der Waals surface area contributed by atoms with Gasteiger partial charge in [0.1, 0.15) is 6.20 Å². The number of nitrogens with zero attached hydrogens (tertiary/aromatic N) is 3. The average Bonchev–Trinajstić information content (AvgIpc) is 2.26. The number of nitro groups is 1. The van der Waals surface area contributed by atoms with E-state index in [0.29, 0.717) is 0 Å². The third-order valence-corrected chi connectivity index (χ3v) is 2.35. The van der Waals surface area contributed by atoms with E-state index in [2.05, 4.69) is 15.3 Å². The molecule has 0 bridgehead atoms. The molecule has 1 aromatic heterocycles. The second-order valence-electron chi connectivity index (χ2n) is 4.32. The van der Waals surface area contributed by atoms with E-state index in [1.807, 2.05) is 0 Å². The van der Waals surface area contributed by atoms with Gasteiger partial charge in [-0.1, -0.05) is 0 Å². The molecule has 0 aromatic carbocycles. The lowest BCUT2D eigenvalue weighted by molar-refractivity contribution is -0.384. The van der Waals surface area contributed by atoms with Gasteiger partial charge >= 0.3 is 5.69 Å². The molecule has 0 aliphatic rings. The molecule has 0 aliphatic heterocycles. The van der Waals surface area contributed by atoms with Crippen LogP contribution in [0.5, 0.6) is 0 Å². The van der Waals surface area contributed by atoms with Crippen LogP contribution < -0.4 is 16.8 Å². The maximum absolute atomic E-state index is 11.1. The number of hydrogen-bond acceptors (Lipinski definition) is 7. The van der Waals surface area contributed by atoms with Crippen LogP contribution in [0.1, 0.15) is 13.8 Å². The molecular weight excluding hydrogens is 240 g/mol. The number of carbonyl (C=O) groups is 1. The molecule has 0 atom stereocenters. The van der Waals surface area contributed by atoms with E-state index in [4.69, 9.17) is 11.5 Å². The maximum atomic E-state index is 11.1. The lowest BCUT2D eigenvalue weighted by Gasteiger charge is -2.20. The Labute approximate surface area is 103 Å². The van der Waals surface area contributed by atoms with Crippen LogP contribution in [-0.2, 0) is 4.79 Å². The van der Waals surface area contributed by atoms with Crippen molar-refractivity contribution in [1.82, 2.24) is 9.97 Å². The van der Waals surface area contributed by atoms with E-state index in [-0.39, 0.29) is 24.0 Å².